The third-order valence-corrected chi connectivity index (χ3v) is 1.50. The maximum atomic E-state index is 5.69. The number of hydrazone groups is 1. The lowest BCUT2D eigenvalue weighted by Gasteiger charge is -2.02. The minimum Gasteiger partial charge on any atom is -0.173 e. The van der Waals surface area contributed by atoms with Gasteiger partial charge in [0.15, 0.2) is 11.7 Å². The van der Waals surface area contributed by atoms with E-state index in [0.717, 1.165) is 6.42 Å². The van der Waals surface area contributed by atoms with E-state index in [0.29, 0.717) is 0 Å². The molecule has 1 aliphatic rings. The number of alkyl halides is 1. The largest absolute Gasteiger partial charge is 0.173 e. The van der Waals surface area contributed by atoms with Gasteiger partial charge in [0.25, 0.3) is 0 Å². The molecule has 1 rings (SSSR count). The molecule has 0 amide bonds. The Bertz CT molecular complexity index is 91.7. The Morgan fingerprint density at radius 2 is 2.71 bits per heavy atom. The van der Waals surface area contributed by atoms with Crippen LogP contribution in [0, 0.1) is 0 Å². The van der Waals surface area contributed by atoms with Crippen LogP contribution in [0.5, 0.6) is 0 Å². The first-order chi connectivity index (χ1) is 3.30. The third-order valence-electron chi connectivity index (χ3n) is 1.03. The molecule has 0 aromatic heterocycles. The van der Waals surface area contributed by atoms with Crippen LogP contribution in [0.4, 0.5) is 0 Å². The molecule has 0 radical (unpaired) electrons. The first-order valence-corrected chi connectivity index (χ1v) is 2.69. The Balaban J connectivity index is 2.45. The van der Waals surface area contributed by atoms with Crippen molar-refractivity contribution in [2.24, 2.45) is 0 Å². The van der Waals surface area contributed by atoms with Crippen LogP contribution in [0.1, 0.15) is 6.42 Å². The molecule has 2 nitrogen and oxygen atoms in total. The van der Waals surface area contributed by atoms with E-state index in [1.807, 2.05) is 18.3 Å². The van der Waals surface area contributed by atoms with Crippen LogP contribution in [0.3, 0.4) is 0 Å². The molecule has 1 aliphatic heterocycles. The fraction of sp³-hybridized carbons (Fsp3) is 0.750. The fourth-order valence-corrected chi connectivity index (χ4v) is 0.678. The van der Waals surface area contributed by atoms with Gasteiger partial charge in [-0.3, -0.25) is 0 Å². The Hall–Kier alpha value is -0.240. The number of halogens is 1. The maximum Gasteiger partial charge on any atom is 0.171 e. The van der Waals surface area contributed by atoms with Crippen molar-refractivity contribution in [1.82, 2.24) is 5.01 Å². The zero-order valence-corrected chi connectivity index (χ0v) is 4.94. The Kier molecular flexibility index (Phi) is 1.19. The van der Waals surface area contributed by atoms with E-state index in [-0.39, 0.29) is 5.50 Å². The molecule has 0 aromatic rings. The van der Waals surface area contributed by atoms with Crippen molar-refractivity contribution in [1.29, 1.82) is 0 Å². The average molecular weight is 120 g/mol. The van der Waals surface area contributed by atoms with Crippen molar-refractivity contribution in [2.75, 3.05) is 7.05 Å². The molecule has 40 valence electrons. The summed E-state index contributed by atoms with van der Waals surface area (Å²) in [5.74, 6) is 0. The molecule has 0 aromatic carbocycles. The molecule has 1 unspecified atom stereocenters. The van der Waals surface area contributed by atoms with Gasteiger partial charge in [0.05, 0.1) is 13.5 Å². The van der Waals surface area contributed by atoms with Gasteiger partial charge in [0.2, 0.25) is 0 Å². The summed E-state index contributed by atoms with van der Waals surface area (Å²) in [4.78, 5) is 0. The lowest BCUT2D eigenvalue weighted by atomic mass is 10.5. The van der Waals surface area contributed by atoms with Crippen LogP contribution in [-0.2, 0) is 0 Å². The van der Waals surface area contributed by atoms with Crippen LogP contribution in [0.2, 0.25) is 0 Å². The summed E-state index contributed by atoms with van der Waals surface area (Å²) in [6.07, 6.45) is 2.87. The number of rotatable bonds is 0. The molecule has 0 saturated heterocycles. The van der Waals surface area contributed by atoms with E-state index in [1.165, 1.54) is 0 Å². The zero-order chi connectivity index (χ0) is 5.28. The van der Waals surface area contributed by atoms with Gasteiger partial charge in [0, 0.05) is 0 Å². The molecule has 7 heavy (non-hydrogen) atoms. The highest BCUT2D eigenvalue weighted by Gasteiger charge is 2.17. The number of hydrazine groups is 1. The normalized spacial score (nSPS) is 29.4. The minimum absolute atomic E-state index is 0.153. The molecule has 3 heteroatoms. The van der Waals surface area contributed by atoms with Crippen molar-refractivity contribution in [3.8, 4) is 0 Å². The Morgan fingerprint density at radius 1 is 2.00 bits per heavy atom. The number of nitrogens with zero attached hydrogens (tertiary/aromatic N) is 1. The van der Waals surface area contributed by atoms with Crippen molar-refractivity contribution < 1.29 is 5.10 Å². The molecule has 0 bridgehead atoms. The van der Waals surface area contributed by atoms with E-state index >= 15 is 0 Å². The summed E-state index contributed by atoms with van der Waals surface area (Å²) < 4.78 is 0. The van der Waals surface area contributed by atoms with Gasteiger partial charge in [0.1, 0.15) is 0 Å². The predicted molar refractivity (Wildman–Crippen MR) is 29.0 cm³/mol. The second-order valence-corrected chi connectivity index (χ2v) is 2.12. The highest BCUT2D eigenvalue weighted by molar-refractivity contribution is 6.21. The molecular formula is C4H8ClN2+. The van der Waals surface area contributed by atoms with Gasteiger partial charge in [-0.15, -0.1) is 5.10 Å². The number of nitrogens with one attached hydrogen (secondary N) is 1. The van der Waals surface area contributed by atoms with Crippen LogP contribution in [-0.4, -0.2) is 23.8 Å². The second kappa shape index (κ2) is 1.70. The summed E-state index contributed by atoms with van der Waals surface area (Å²) in [5.41, 5.74) is 0.153. The highest BCUT2D eigenvalue weighted by atomic mass is 35.5. The van der Waals surface area contributed by atoms with Crippen LogP contribution < -0.4 is 5.10 Å². The summed E-state index contributed by atoms with van der Waals surface area (Å²) in [6.45, 7) is 0. The van der Waals surface area contributed by atoms with Crippen molar-refractivity contribution in [3.05, 3.63) is 0 Å². The van der Waals surface area contributed by atoms with E-state index in [1.54, 1.807) is 0 Å². The van der Waals surface area contributed by atoms with E-state index in [4.69, 9.17) is 11.6 Å². The molecule has 0 aliphatic carbocycles. The first kappa shape index (κ1) is 4.91. The Morgan fingerprint density at radius 3 is 2.86 bits per heavy atom. The lowest BCUT2D eigenvalue weighted by molar-refractivity contribution is -0.627. The smallest absolute Gasteiger partial charge is 0.171 e. The molecule has 1 atom stereocenters. The van der Waals surface area contributed by atoms with Gasteiger partial charge in [-0.1, -0.05) is 11.6 Å². The number of hydrogen-bond acceptors (Lipinski definition) is 1. The summed E-state index contributed by atoms with van der Waals surface area (Å²) >= 11 is 5.69. The van der Waals surface area contributed by atoms with Crippen LogP contribution in [0.15, 0.2) is 0 Å². The predicted octanol–water partition coefficient (Wildman–Crippen LogP) is -1.05. The van der Waals surface area contributed by atoms with Gasteiger partial charge >= 0.3 is 0 Å². The molecule has 0 saturated carbocycles. The molecule has 1 heterocycles. The van der Waals surface area contributed by atoms with E-state index in [9.17, 15) is 0 Å². The van der Waals surface area contributed by atoms with Gasteiger partial charge in [-0.25, -0.2) is 0 Å². The SMILES string of the molecule is CN1[NH+]=CCC1Cl. The number of hydrogen-bond donors (Lipinski definition) is 1. The molecule has 0 spiro atoms. The monoisotopic (exact) mass is 119 g/mol. The van der Waals surface area contributed by atoms with Crippen LogP contribution in [0.25, 0.3) is 0 Å². The Labute approximate surface area is 47.8 Å². The maximum absolute atomic E-state index is 5.69. The quantitative estimate of drug-likeness (QED) is 0.318. The lowest BCUT2D eigenvalue weighted by Crippen LogP contribution is -2.77. The van der Waals surface area contributed by atoms with Crippen molar-refractivity contribution >= 4 is 17.8 Å². The van der Waals surface area contributed by atoms with Gasteiger partial charge in [-0.2, -0.15) is 5.01 Å². The first-order valence-electron chi connectivity index (χ1n) is 2.25. The zero-order valence-electron chi connectivity index (χ0n) is 4.19. The fourth-order valence-electron chi connectivity index (χ4n) is 0.533. The minimum atomic E-state index is 0.153. The van der Waals surface area contributed by atoms with Gasteiger partial charge < -0.3 is 0 Å². The van der Waals surface area contributed by atoms with Crippen molar-refractivity contribution in [2.45, 2.75) is 11.9 Å². The molecule has 0 fully saturated rings. The second-order valence-electron chi connectivity index (χ2n) is 1.61. The highest BCUT2D eigenvalue weighted by Crippen LogP contribution is 2.00. The summed E-state index contributed by atoms with van der Waals surface area (Å²) in [6, 6.07) is 0. The topological polar surface area (TPSA) is 17.2 Å². The summed E-state index contributed by atoms with van der Waals surface area (Å²) in [7, 11) is 1.92. The van der Waals surface area contributed by atoms with Crippen LogP contribution >= 0.6 is 11.6 Å². The summed E-state index contributed by atoms with van der Waals surface area (Å²) in [5, 5.41) is 4.81. The van der Waals surface area contributed by atoms with E-state index < -0.39 is 0 Å². The molecular weight excluding hydrogens is 112 g/mol. The van der Waals surface area contributed by atoms with Crippen molar-refractivity contribution in [3.63, 3.8) is 0 Å². The average Bonchev–Trinajstić information content (AvgIpc) is 1.91. The molecule has 1 N–H and O–H groups in total. The van der Waals surface area contributed by atoms with Gasteiger partial charge in [-0.05, 0) is 0 Å². The third kappa shape index (κ3) is 0.855. The van der Waals surface area contributed by atoms with E-state index in [2.05, 4.69) is 5.10 Å². The standard InChI is InChI=1S/C4H7ClN2/c1-7-4(5)2-3-6-7/h3-4H,2H2,1H3/p+1.